The second kappa shape index (κ2) is 8.25. The normalized spacial score (nSPS) is 14.3. The summed E-state index contributed by atoms with van der Waals surface area (Å²) in [6.07, 6.45) is -0.594. The van der Waals surface area contributed by atoms with Crippen LogP contribution in [0.15, 0.2) is 18.2 Å². The lowest BCUT2D eigenvalue weighted by atomic mass is 10.0. The predicted octanol–water partition coefficient (Wildman–Crippen LogP) is 2.30. The van der Waals surface area contributed by atoms with Gasteiger partial charge in [-0.15, -0.1) is 0 Å². The maximum Gasteiger partial charge on any atom is 0.124 e. The molecule has 4 nitrogen and oxygen atoms in total. The van der Waals surface area contributed by atoms with Gasteiger partial charge in [-0.25, -0.2) is 0 Å². The smallest absolute Gasteiger partial charge is 0.124 e. The first-order chi connectivity index (χ1) is 9.49. The van der Waals surface area contributed by atoms with E-state index in [0.29, 0.717) is 19.1 Å². The molecule has 0 bridgehead atoms. The largest absolute Gasteiger partial charge is 0.496 e. The Labute approximate surface area is 122 Å². The molecule has 20 heavy (non-hydrogen) atoms. The van der Waals surface area contributed by atoms with Gasteiger partial charge in [-0.3, -0.25) is 0 Å². The summed E-state index contributed by atoms with van der Waals surface area (Å²) in [5.74, 6) is 1.17. The third-order valence-corrected chi connectivity index (χ3v) is 3.47. The summed E-state index contributed by atoms with van der Waals surface area (Å²) < 4.78 is 10.5. The van der Waals surface area contributed by atoms with E-state index in [4.69, 9.17) is 9.47 Å². The molecule has 1 rings (SSSR count). The summed E-state index contributed by atoms with van der Waals surface area (Å²) in [5, 5.41) is 13.7. The highest BCUT2D eigenvalue weighted by Gasteiger charge is 2.17. The second-order valence-corrected chi connectivity index (χ2v) is 5.48. The lowest BCUT2D eigenvalue weighted by Gasteiger charge is -2.24. The van der Waals surface area contributed by atoms with Crippen LogP contribution in [0.1, 0.15) is 31.1 Å². The van der Waals surface area contributed by atoms with Crippen molar-refractivity contribution in [3.8, 4) is 5.75 Å². The molecule has 2 unspecified atom stereocenters. The van der Waals surface area contributed by atoms with Gasteiger partial charge in [0.2, 0.25) is 0 Å². The van der Waals surface area contributed by atoms with Gasteiger partial charge < -0.3 is 19.9 Å². The van der Waals surface area contributed by atoms with Crippen LogP contribution in [0.2, 0.25) is 0 Å². The lowest BCUT2D eigenvalue weighted by Crippen LogP contribution is -2.40. The zero-order valence-corrected chi connectivity index (χ0v) is 13.1. The molecule has 2 N–H and O–H groups in total. The van der Waals surface area contributed by atoms with E-state index in [0.717, 1.165) is 16.9 Å². The van der Waals surface area contributed by atoms with Gasteiger partial charge in [0.15, 0.2) is 0 Å². The van der Waals surface area contributed by atoms with Crippen LogP contribution in [0.25, 0.3) is 0 Å². The van der Waals surface area contributed by atoms with Crippen LogP contribution in [-0.4, -0.2) is 38.5 Å². The number of aryl methyl sites for hydroxylation is 1. The minimum absolute atomic E-state index is 0.227. The van der Waals surface area contributed by atoms with E-state index in [1.54, 1.807) is 14.2 Å². The summed E-state index contributed by atoms with van der Waals surface area (Å²) in [6, 6.07) is 6.06. The molecule has 114 valence electrons. The van der Waals surface area contributed by atoms with Crippen molar-refractivity contribution < 1.29 is 14.6 Å². The second-order valence-electron chi connectivity index (χ2n) is 5.48. The van der Waals surface area contributed by atoms with Crippen LogP contribution in [0.5, 0.6) is 5.75 Å². The maximum atomic E-state index is 10.4. The Morgan fingerprint density at radius 1 is 1.25 bits per heavy atom. The average Bonchev–Trinajstić information content (AvgIpc) is 2.42. The number of nitrogens with one attached hydrogen (secondary N) is 1. The Kier molecular flexibility index (Phi) is 6.99. The molecular weight excluding hydrogens is 254 g/mol. The van der Waals surface area contributed by atoms with Crippen LogP contribution in [0.3, 0.4) is 0 Å². The number of methoxy groups -OCH3 is 2. The SMILES string of the molecule is COCC(NCC(O)c1cc(C)ccc1OC)C(C)C. The molecule has 0 spiro atoms. The van der Waals surface area contributed by atoms with E-state index in [9.17, 15) is 5.11 Å². The first-order valence-electron chi connectivity index (χ1n) is 7.04. The number of aliphatic hydroxyl groups is 1. The first kappa shape index (κ1) is 17.0. The van der Waals surface area contributed by atoms with Crippen LogP contribution in [0.4, 0.5) is 0 Å². The molecule has 0 amide bonds. The fourth-order valence-corrected chi connectivity index (χ4v) is 2.15. The van der Waals surface area contributed by atoms with Crippen molar-refractivity contribution in [2.24, 2.45) is 5.92 Å². The lowest BCUT2D eigenvalue weighted by molar-refractivity contribution is 0.123. The number of hydrogen-bond donors (Lipinski definition) is 2. The molecule has 0 saturated heterocycles. The molecule has 0 aliphatic rings. The Balaban J connectivity index is 2.70. The number of aliphatic hydroxyl groups excluding tert-OH is 1. The van der Waals surface area contributed by atoms with Gasteiger partial charge in [0.05, 0.1) is 19.8 Å². The zero-order valence-electron chi connectivity index (χ0n) is 13.1. The Morgan fingerprint density at radius 2 is 1.95 bits per heavy atom. The highest BCUT2D eigenvalue weighted by atomic mass is 16.5. The number of rotatable bonds is 8. The summed E-state index contributed by atoms with van der Waals surface area (Å²) in [7, 11) is 3.31. The van der Waals surface area contributed by atoms with Crippen molar-refractivity contribution in [3.63, 3.8) is 0 Å². The molecule has 0 radical (unpaired) electrons. The fraction of sp³-hybridized carbons (Fsp3) is 0.625. The molecule has 1 aromatic carbocycles. The zero-order chi connectivity index (χ0) is 15.1. The van der Waals surface area contributed by atoms with Crippen molar-refractivity contribution in [1.29, 1.82) is 0 Å². The molecular formula is C16H27NO3. The van der Waals surface area contributed by atoms with Crippen molar-refractivity contribution >= 4 is 0 Å². The van der Waals surface area contributed by atoms with Crippen molar-refractivity contribution in [3.05, 3.63) is 29.3 Å². The highest BCUT2D eigenvalue weighted by molar-refractivity contribution is 5.38. The van der Waals surface area contributed by atoms with E-state index in [1.165, 1.54) is 0 Å². The monoisotopic (exact) mass is 281 g/mol. The van der Waals surface area contributed by atoms with Crippen LogP contribution >= 0.6 is 0 Å². The Morgan fingerprint density at radius 3 is 2.50 bits per heavy atom. The molecule has 0 fully saturated rings. The van der Waals surface area contributed by atoms with E-state index < -0.39 is 6.10 Å². The number of hydrogen-bond acceptors (Lipinski definition) is 4. The third-order valence-electron chi connectivity index (χ3n) is 3.47. The summed E-state index contributed by atoms with van der Waals surface area (Å²) in [5.41, 5.74) is 1.93. The molecule has 0 heterocycles. The molecule has 2 atom stereocenters. The van der Waals surface area contributed by atoms with E-state index in [2.05, 4.69) is 19.2 Å². The van der Waals surface area contributed by atoms with Gasteiger partial charge in [-0.05, 0) is 25.0 Å². The summed E-state index contributed by atoms with van der Waals surface area (Å²) in [4.78, 5) is 0. The van der Waals surface area contributed by atoms with Gasteiger partial charge in [-0.1, -0.05) is 25.5 Å². The van der Waals surface area contributed by atoms with Gasteiger partial charge >= 0.3 is 0 Å². The van der Waals surface area contributed by atoms with Crippen LogP contribution in [0, 0.1) is 12.8 Å². The molecule has 0 aliphatic heterocycles. The summed E-state index contributed by atoms with van der Waals surface area (Å²) >= 11 is 0. The Hall–Kier alpha value is -1.10. The fourth-order valence-electron chi connectivity index (χ4n) is 2.15. The van der Waals surface area contributed by atoms with Crippen molar-refractivity contribution in [2.75, 3.05) is 27.4 Å². The van der Waals surface area contributed by atoms with E-state index >= 15 is 0 Å². The van der Waals surface area contributed by atoms with Crippen molar-refractivity contribution in [1.82, 2.24) is 5.32 Å². The molecule has 0 aromatic heterocycles. The van der Waals surface area contributed by atoms with Crippen LogP contribution < -0.4 is 10.1 Å². The average molecular weight is 281 g/mol. The molecule has 1 aromatic rings. The first-order valence-corrected chi connectivity index (χ1v) is 7.04. The molecule has 0 aliphatic carbocycles. The van der Waals surface area contributed by atoms with E-state index in [1.807, 2.05) is 25.1 Å². The topological polar surface area (TPSA) is 50.7 Å². The Bertz CT molecular complexity index is 407. The minimum Gasteiger partial charge on any atom is -0.496 e. The van der Waals surface area contributed by atoms with Gasteiger partial charge in [0.1, 0.15) is 5.75 Å². The van der Waals surface area contributed by atoms with Crippen LogP contribution in [-0.2, 0) is 4.74 Å². The molecule has 4 heteroatoms. The number of ether oxygens (including phenoxy) is 2. The molecule has 0 saturated carbocycles. The number of benzene rings is 1. The quantitative estimate of drug-likeness (QED) is 0.767. The van der Waals surface area contributed by atoms with Crippen molar-refractivity contribution in [2.45, 2.75) is 32.9 Å². The standard InChI is InChI=1S/C16H27NO3/c1-11(2)14(10-19-4)17-9-15(18)13-8-12(3)6-7-16(13)20-5/h6-8,11,14-15,17-18H,9-10H2,1-5H3. The highest BCUT2D eigenvalue weighted by Crippen LogP contribution is 2.26. The predicted molar refractivity (Wildman–Crippen MR) is 81.2 cm³/mol. The van der Waals surface area contributed by atoms with E-state index in [-0.39, 0.29) is 6.04 Å². The summed E-state index contributed by atoms with van der Waals surface area (Å²) in [6.45, 7) is 7.39. The minimum atomic E-state index is -0.594. The van der Waals surface area contributed by atoms with Gasteiger partial charge in [0.25, 0.3) is 0 Å². The van der Waals surface area contributed by atoms with Gasteiger partial charge in [-0.2, -0.15) is 0 Å². The maximum absolute atomic E-state index is 10.4. The van der Waals surface area contributed by atoms with Gasteiger partial charge in [0, 0.05) is 25.3 Å². The third kappa shape index (κ3) is 4.78.